The van der Waals surface area contributed by atoms with Gasteiger partial charge in [0.05, 0.1) is 17.0 Å². The summed E-state index contributed by atoms with van der Waals surface area (Å²) in [6, 6.07) is 3.91. The molecular formula is C16H21BrN4O2S. The molecule has 0 aliphatic carbocycles. The summed E-state index contributed by atoms with van der Waals surface area (Å²) >= 11 is 3.51. The predicted molar refractivity (Wildman–Crippen MR) is 101 cm³/mol. The molecule has 0 saturated heterocycles. The van der Waals surface area contributed by atoms with Gasteiger partial charge in [-0.3, -0.25) is 0 Å². The summed E-state index contributed by atoms with van der Waals surface area (Å²) in [5.41, 5.74) is 10.5. The normalized spacial score (nSPS) is 21.7. The van der Waals surface area contributed by atoms with E-state index < -0.39 is 21.3 Å². The van der Waals surface area contributed by atoms with E-state index in [0.29, 0.717) is 12.1 Å². The molecule has 0 N–H and O–H groups in total. The molecule has 2 rings (SSSR count). The third kappa shape index (κ3) is 4.18. The van der Waals surface area contributed by atoms with Crippen LogP contribution in [0.25, 0.3) is 10.4 Å². The second kappa shape index (κ2) is 6.86. The van der Waals surface area contributed by atoms with Gasteiger partial charge in [-0.2, -0.15) is 4.40 Å². The van der Waals surface area contributed by atoms with Crippen molar-refractivity contribution < 1.29 is 8.95 Å². The fourth-order valence-electron chi connectivity index (χ4n) is 2.44. The van der Waals surface area contributed by atoms with Crippen LogP contribution in [-0.2, 0) is 17.4 Å². The maximum Gasteiger partial charge on any atom is 0.145 e. The molecule has 2 atom stereocenters. The van der Waals surface area contributed by atoms with E-state index in [1.807, 2.05) is 46.8 Å². The summed E-state index contributed by atoms with van der Waals surface area (Å²) in [6.45, 7) is 9.66. The Morgan fingerprint density at radius 1 is 1.50 bits per heavy atom. The van der Waals surface area contributed by atoms with Crippen molar-refractivity contribution in [3.8, 4) is 5.75 Å². The standard InChI is InChI=1S/C16H21BrN4O2S/c1-10(20-24(22)15(2,3)4)13-7-12(17)6-11-8-16(5,9-19-21-18)23-14(11)13/h6-7H,8-9H2,1-5H3/b20-10+/t16?,24-/m1/s1. The lowest BCUT2D eigenvalue weighted by Crippen LogP contribution is -2.33. The van der Waals surface area contributed by atoms with Gasteiger partial charge in [-0.15, -0.1) is 0 Å². The molecule has 1 unspecified atom stereocenters. The van der Waals surface area contributed by atoms with Crippen molar-refractivity contribution in [1.29, 1.82) is 0 Å². The summed E-state index contributed by atoms with van der Waals surface area (Å²) in [4.78, 5) is 2.82. The third-order valence-electron chi connectivity index (χ3n) is 3.65. The van der Waals surface area contributed by atoms with Gasteiger partial charge in [-0.1, -0.05) is 21.0 Å². The highest BCUT2D eigenvalue weighted by atomic mass is 79.9. The zero-order valence-electron chi connectivity index (χ0n) is 14.5. The summed E-state index contributed by atoms with van der Waals surface area (Å²) < 4.78 is 23.3. The Morgan fingerprint density at radius 3 is 2.75 bits per heavy atom. The van der Waals surface area contributed by atoms with E-state index >= 15 is 0 Å². The van der Waals surface area contributed by atoms with Crippen LogP contribution in [0.1, 0.15) is 45.7 Å². The Balaban J connectivity index is 2.44. The van der Waals surface area contributed by atoms with E-state index in [9.17, 15) is 4.21 Å². The second-order valence-electron chi connectivity index (χ2n) is 7.10. The van der Waals surface area contributed by atoms with Crippen molar-refractivity contribution in [2.75, 3.05) is 6.54 Å². The third-order valence-corrected chi connectivity index (χ3v) is 5.59. The zero-order chi connectivity index (χ0) is 18.1. The molecule has 1 heterocycles. The van der Waals surface area contributed by atoms with E-state index in [0.717, 1.165) is 21.3 Å². The molecule has 24 heavy (non-hydrogen) atoms. The molecule has 8 heteroatoms. The van der Waals surface area contributed by atoms with Gasteiger partial charge in [0.15, 0.2) is 0 Å². The topological polar surface area (TPSA) is 87.4 Å². The van der Waals surface area contributed by atoms with Gasteiger partial charge in [-0.05, 0) is 57.8 Å². The first-order valence-electron chi connectivity index (χ1n) is 7.56. The molecule has 0 amide bonds. The van der Waals surface area contributed by atoms with Gasteiger partial charge in [0.25, 0.3) is 0 Å². The SMILES string of the molecule is C/C(=N\[S@](=O)C(C)(C)C)c1cc(Br)cc2c1OC(C)(CN=[N+]=[N-])C2. The molecule has 6 nitrogen and oxygen atoms in total. The number of hydrogen-bond acceptors (Lipinski definition) is 3. The lowest BCUT2D eigenvalue weighted by Gasteiger charge is -2.22. The van der Waals surface area contributed by atoms with Crippen molar-refractivity contribution in [3.63, 3.8) is 0 Å². The van der Waals surface area contributed by atoms with Crippen LogP contribution in [0.4, 0.5) is 0 Å². The summed E-state index contributed by atoms with van der Waals surface area (Å²) in [5.74, 6) is 0.723. The highest BCUT2D eigenvalue weighted by Gasteiger charge is 2.36. The van der Waals surface area contributed by atoms with Gasteiger partial charge in [0.2, 0.25) is 0 Å². The summed E-state index contributed by atoms with van der Waals surface area (Å²) in [7, 11) is -1.34. The molecular weight excluding hydrogens is 392 g/mol. The van der Waals surface area contributed by atoms with Crippen molar-refractivity contribution in [3.05, 3.63) is 38.2 Å². The first-order valence-corrected chi connectivity index (χ1v) is 9.46. The fourth-order valence-corrected chi connectivity index (χ4v) is 3.56. The highest BCUT2D eigenvalue weighted by Crippen LogP contribution is 2.40. The van der Waals surface area contributed by atoms with Gasteiger partial charge in [0, 0.05) is 21.4 Å². The number of hydrogen-bond donors (Lipinski definition) is 0. The predicted octanol–water partition coefficient (Wildman–Crippen LogP) is 4.72. The average molecular weight is 413 g/mol. The Hall–Kier alpha value is -1.37. The van der Waals surface area contributed by atoms with E-state index in [2.05, 4.69) is 30.4 Å². The van der Waals surface area contributed by atoms with Gasteiger partial charge in [0.1, 0.15) is 22.3 Å². The molecule has 1 aromatic carbocycles. The molecule has 1 aliphatic heterocycles. The minimum atomic E-state index is -1.34. The van der Waals surface area contributed by atoms with Gasteiger partial charge >= 0.3 is 0 Å². The molecule has 0 spiro atoms. The minimum absolute atomic E-state index is 0.249. The van der Waals surface area contributed by atoms with Crippen LogP contribution in [0.2, 0.25) is 0 Å². The number of halogens is 1. The minimum Gasteiger partial charge on any atom is -0.486 e. The maximum absolute atomic E-state index is 12.3. The monoisotopic (exact) mass is 412 g/mol. The molecule has 0 bridgehead atoms. The Kier molecular flexibility index (Phi) is 5.42. The van der Waals surface area contributed by atoms with Crippen LogP contribution < -0.4 is 4.74 Å². The van der Waals surface area contributed by atoms with Crippen LogP contribution in [0.15, 0.2) is 26.1 Å². The molecule has 0 aromatic heterocycles. The number of nitrogens with zero attached hydrogens (tertiary/aromatic N) is 4. The average Bonchev–Trinajstić information content (AvgIpc) is 2.79. The lowest BCUT2D eigenvalue weighted by molar-refractivity contribution is 0.125. The highest BCUT2D eigenvalue weighted by molar-refractivity contribution is 9.10. The van der Waals surface area contributed by atoms with Gasteiger partial charge in [-0.25, -0.2) is 4.21 Å². The van der Waals surface area contributed by atoms with Crippen LogP contribution in [-0.4, -0.2) is 26.8 Å². The number of rotatable bonds is 4. The van der Waals surface area contributed by atoms with Crippen LogP contribution >= 0.6 is 15.9 Å². The lowest BCUT2D eigenvalue weighted by atomic mass is 9.98. The van der Waals surface area contributed by atoms with E-state index in [-0.39, 0.29) is 6.54 Å². The molecule has 0 radical (unpaired) electrons. The fraction of sp³-hybridized carbons (Fsp3) is 0.562. The largest absolute Gasteiger partial charge is 0.486 e. The Morgan fingerprint density at radius 2 is 2.17 bits per heavy atom. The quantitative estimate of drug-likeness (QED) is 0.309. The molecule has 130 valence electrons. The molecule has 0 fully saturated rings. The van der Waals surface area contributed by atoms with Crippen molar-refractivity contribution >= 4 is 32.6 Å². The van der Waals surface area contributed by atoms with Crippen LogP contribution in [0, 0.1) is 0 Å². The first kappa shape index (κ1) is 19.0. The molecule has 0 saturated carbocycles. The van der Waals surface area contributed by atoms with Crippen molar-refractivity contribution in [2.45, 2.75) is 51.4 Å². The maximum atomic E-state index is 12.3. The zero-order valence-corrected chi connectivity index (χ0v) is 16.9. The summed E-state index contributed by atoms with van der Waals surface area (Å²) in [5, 5.41) is 3.65. The van der Waals surface area contributed by atoms with E-state index in [1.54, 1.807) is 0 Å². The van der Waals surface area contributed by atoms with Crippen LogP contribution in [0.3, 0.4) is 0 Å². The van der Waals surface area contributed by atoms with E-state index in [4.69, 9.17) is 10.3 Å². The Bertz CT molecular complexity index is 766. The number of benzene rings is 1. The van der Waals surface area contributed by atoms with Crippen molar-refractivity contribution in [1.82, 2.24) is 0 Å². The smallest absolute Gasteiger partial charge is 0.145 e. The van der Waals surface area contributed by atoms with Gasteiger partial charge < -0.3 is 4.74 Å². The number of fused-ring (bicyclic) bond motifs is 1. The number of azide groups is 1. The van der Waals surface area contributed by atoms with Crippen molar-refractivity contribution in [2.24, 2.45) is 9.51 Å². The molecule has 1 aromatic rings. The number of ether oxygens (including phenoxy) is 1. The second-order valence-corrected chi connectivity index (χ2v) is 9.92. The van der Waals surface area contributed by atoms with Crippen LogP contribution in [0.5, 0.6) is 5.75 Å². The first-order chi connectivity index (χ1) is 11.1. The summed E-state index contributed by atoms with van der Waals surface area (Å²) in [6.07, 6.45) is 0.642. The Labute approximate surface area is 153 Å². The van der Waals surface area contributed by atoms with E-state index in [1.165, 1.54) is 0 Å². The molecule has 1 aliphatic rings.